The van der Waals surface area contributed by atoms with Gasteiger partial charge in [-0.3, -0.25) is 9.59 Å². The van der Waals surface area contributed by atoms with Crippen LogP contribution in [-0.2, 0) is 24.3 Å². The average molecular weight is 368 g/mol. The van der Waals surface area contributed by atoms with Gasteiger partial charge in [0, 0.05) is 29.8 Å². The Morgan fingerprint density at radius 2 is 1.96 bits per heavy atom. The van der Waals surface area contributed by atoms with Crippen molar-refractivity contribution in [2.75, 3.05) is 7.05 Å². The van der Waals surface area contributed by atoms with Crippen molar-refractivity contribution in [2.24, 2.45) is 0 Å². The molecule has 0 radical (unpaired) electrons. The van der Waals surface area contributed by atoms with Gasteiger partial charge in [-0.05, 0) is 12.5 Å². The highest BCUT2D eigenvalue weighted by Gasteiger charge is 2.14. The molecular weight excluding hydrogens is 348 g/mol. The number of benzene rings is 1. The molecule has 3 aromatic rings. The summed E-state index contributed by atoms with van der Waals surface area (Å²) >= 11 is 1.60. The van der Waals surface area contributed by atoms with Crippen LogP contribution in [-0.4, -0.2) is 32.6 Å². The SMILES string of the molecule is CCc1cnc(CN(C)C(=O)Cn2nc(-c3ccccc3)ccc2=O)s1. The van der Waals surface area contributed by atoms with Gasteiger partial charge in [0.15, 0.2) is 0 Å². The van der Waals surface area contributed by atoms with Crippen LogP contribution in [0.15, 0.2) is 53.5 Å². The highest BCUT2D eigenvalue weighted by molar-refractivity contribution is 7.11. The van der Waals surface area contributed by atoms with Crippen LogP contribution in [0.1, 0.15) is 16.8 Å². The molecule has 7 heteroatoms. The summed E-state index contributed by atoms with van der Waals surface area (Å²) in [6.45, 7) is 2.41. The van der Waals surface area contributed by atoms with E-state index >= 15 is 0 Å². The first kappa shape index (κ1) is 18.0. The molecule has 0 unspecified atom stereocenters. The van der Waals surface area contributed by atoms with E-state index in [4.69, 9.17) is 0 Å². The van der Waals surface area contributed by atoms with E-state index in [9.17, 15) is 9.59 Å². The maximum absolute atomic E-state index is 12.5. The second-order valence-corrected chi connectivity index (χ2v) is 7.10. The Kier molecular flexibility index (Phi) is 5.58. The summed E-state index contributed by atoms with van der Waals surface area (Å²) in [4.78, 5) is 31.7. The number of thiazole rings is 1. The lowest BCUT2D eigenvalue weighted by molar-refractivity contribution is -0.131. The number of aromatic nitrogens is 3. The maximum Gasteiger partial charge on any atom is 0.267 e. The first-order valence-corrected chi connectivity index (χ1v) is 9.19. The molecule has 134 valence electrons. The standard InChI is InChI=1S/C19H20N4O2S/c1-3-15-11-20-17(26-15)12-22(2)19(25)13-23-18(24)10-9-16(21-23)14-7-5-4-6-8-14/h4-11H,3,12-13H2,1-2H3. The van der Waals surface area contributed by atoms with Crippen LogP contribution >= 0.6 is 11.3 Å². The van der Waals surface area contributed by atoms with Crippen molar-refractivity contribution >= 4 is 17.2 Å². The average Bonchev–Trinajstić information content (AvgIpc) is 3.11. The van der Waals surface area contributed by atoms with E-state index in [2.05, 4.69) is 17.0 Å². The van der Waals surface area contributed by atoms with E-state index in [1.165, 1.54) is 15.6 Å². The summed E-state index contributed by atoms with van der Waals surface area (Å²) in [5.74, 6) is -0.182. The van der Waals surface area contributed by atoms with Gasteiger partial charge in [-0.2, -0.15) is 5.10 Å². The van der Waals surface area contributed by atoms with Gasteiger partial charge in [0.1, 0.15) is 11.6 Å². The smallest absolute Gasteiger partial charge is 0.267 e. The lowest BCUT2D eigenvalue weighted by Crippen LogP contribution is -2.34. The third-order valence-electron chi connectivity index (χ3n) is 3.97. The quantitative estimate of drug-likeness (QED) is 0.671. The summed E-state index contributed by atoms with van der Waals surface area (Å²) in [5.41, 5.74) is 1.26. The summed E-state index contributed by atoms with van der Waals surface area (Å²) in [6, 6.07) is 12.7. The number of hydrogen-bond acceptors (Lipinski definition) is 5. The summed E-state index contributed by atoms with van der Waals surface area (Å²) < 4.78 is 1.21. The third kappa shape index (κ3) is 4.23. The van der Waals surface area contributed by atoms with E-state index < -0.39 is 0 Å². The van der Waals surface area contributed by atoms with Gasteiger partial charge < -0.3 is 4.90 Å². The largest absolute Gasteiger partial charge is 0.337 e. The number of rotatable bonds is 6. The molecule has 0 fully saturated rings. The lowest BCUT2D eigenvalue weighted by atomic mass is 10.1. The van der Waals surface area contributed by atoms with Gasteiger partial charge in [-0.25, -0.2) is 9.67 Å². The molecule has 1 aromatic carbocycles. The number of nitrogens with zero attached hydrogens (tertiary/aromatic N) is 4. The topological polar surface area (TPSA) is 68.1 Å². The first-order valence-electron chi connectivity index (χ1n) is 8.38. The highest BCUT2D eigenvalue weighted by atomic mass is 32.1. The Balaban J connectivity index is 1.73. The molecule has 0 saturated carbocycles. The molecule has 0 saturated heterocycles. The number of likely N-dealkylation sites (N-methyl/N-ethyl adjacent to an activating group) is 1. The Bertz CT molecular complexity index is 949. The van der Waals surface area contributed by atoms with E-state index in [0.29, 0.717) is 12.2 Å². The second-order valence-electron chi connectivity index (χ2n) is 5.90. The number of amides is 1. The summed E-state index contributed by atoms with van der Waals surface area (Å²) in [5, 5.41) is 5.22. The molecule has 0 N–H and O–H groups in total. The van der Waals surface area contributed by atoms with Gasteiger partial charge in [0.25, 0.3) is 5.56 Å². The maximum atomic E-state index is 12.5. The monoisotopic (exact) mass is 368 g/mol. The zero-order chi connectivity index (χ0) is 18.5. The van der Waals surface area contributed by atoms with E-state index in [1.54, 1.807) is 29.4 Å². The Labute approximate surface area is 155 Å². The normalized spacial score (nSPS) is 10.7. The molecule has 0 aliphatic carbocycles. The van der Waals surface area contributed by atoms with Crippen LogP contribution in [0.4, 0.5) is 0 Å². The first-order chi connectivity index (χ1) is 12.6. The molecular formula is C19H20N4O2S. The van der Waals surface area contributed by atoms with Crippen LogP contribution in [0.2, 0.25) is 0 Å². The number of aryl methyl sites for hydroxylation is 1. The molecule has 2 aromatic heterocycles. The summed E-state index contributed by atoms with van der Waals surface area (Å²) in [6.07, 6.45) is 2.77. The van der Waals surface area contributed by atoms with Crippen molar-refractivity contribution < 1.29 is 4.79 Å². The highest BCUT2D eigenvalue weighted by Crippen LogP contribution is 2.16. The molecule has 3 rings (SSSR count). The fourth-order valence-corrected chi connectivity index (χ4v) is 3.37. The number of hydrogen-bond donors (Lipinski definition) is 0. The van der Waals surface area contributed by atoms with E-state index in [0.717, 1.165) is 17.0 Å². The van der Waals surface area contributed by atoms with Crippen LogP contribution in [0.5, 0.6) is 0 Å². The van der Waals surface area contributed by atoms with Crippen molar-refractivity contribution in [3.63, 3.8) is 0 Å². The second kappa shape index (κ2) is 8.05. The lowest BCUT2D eigenvalue weighted by Gasteiger charge is -2.16. The van der Waals surface area contributed by atoms with Crippen molar-refractivity contribution in [2.45, 2.75) is 26.4 Å². The van der Waals surface area contributed by atoms with E-state index in [-0.39, 0.29) is 18.0 Å². The molecule has 0 bridgehead atoms. The van der Waals surface area contributed by atoms with Crippen LogP contribution in [0, 0.1) is 0 Å². The van der Waals surface area contributed by atoms with Crippen LogP contribution < -0.4 is 5.56 Å². The van der Waals surface area contributed by atoms with Gasteiger partial charge in [-0.15, -0.1) is 11.3 Å². The molecule has 0 aliphatic heterocycles. The molecule has 26 heavy (non-hydrogen) atoms. The fraction of sp³-hybridized carbons (Fsp3) is 0.263. The predicted molar refractivity (Wildman–Crippen MR) is 102 cm³/mol. The minimum absolute atomic E-state index is 0.0952. The third-order valence-corrected chi connectivity index (χ3v) is 5.10. The van der Waals surface area contributed by atoms with Crippen molar-refractivity contribution in [3.05, 3.63) is 68.9 Å². The molecule has 0 spiro atoms. The van der Waals surface area contributed by atoms with Crippen LogP contribution in [0.25, 0.3) is 11.3 Å². The van der Waals surface area contributed by atoms with Crippen LogP contribution in [0.3, 0.4) is 0 Å². The Morgan fingerprint density at radius 3 is 2.65 bits per heavy atom. The van der Waals surface area contributed by atoms with Crippen molar-refractivity contribution in [1.29, 1.82) is 0 Å². The molecule has 0 aliphatic rings. The molecule has 1 amide bonds. The van der Waals surface area contributed by atoms with Gasteiger partial charge >= 0.3 is 0 Å². The predicted octanol–water partition coefficient (Wildman–Crippen LogP) is 2.59. The van der Waals surface area contributed by atoms with Gasteiger partial charge in [-0.1, -0.05) is 37.3 Å². The van der Waals surface area contributed by atoms with Crippen molar-refractivity contribution in [3.8, 4) is 11.3 Å². The van der Waals surface area contributed by atoms with Crippen molar-refractivity contribution in [1.82, 2.24) is 19.7 Å². The van der Waals surface area contributed by atoms with Gasteiger partial charge in [0.2, 0.25) is 5.91 Å². The molecule has 2 heterocycles. The van der Waals surface area contributed by atoms with Gasteiger partial charge in [0.05, 0.1) is 12.2 Å². The summed E-state index contributed by atoms with van der Waals surface area (Å²) in [7, 11) is 1.71. The number of carbonyl (C=O) groups excluding carboxylic acids is 1. The zero-order valence-corrected chi connectivity index (χ0v) is 15.6. The number of carbonyl (C=O) groups is 1. The minimum atomic E-state index is -0.297. The molecule has 0 atom stereocenters. The van der Waals surface area contributed by atoms with E-state index in [1.807, 2.05) is 36.5 Å². The zero-order valence-electron chi connectivity index (χ0n) is 14.8. The Morgan fingerprint density at radius 1 is 1.19 bits per heavy atom. The fourth-order valence-electron chi connectivity index (χ4n) is 2.45. The minimum Gasteiger partial charge on any atom is -0.337 e. The Hall–Kier alpha value is -2.80. The molecule has 6 nitrogen and oxygen atoms in total.